The molecule has 0 saturated carbocycles. The molecule has 0 bridgehead atoms. The SMILES string of the molecule is C.CB(O)O.CB(O)O.CB1OC(C)(C)C(C)(C)O1.CB1OC(C)(C)C(C)(C)O1.CC.CC.CC.CC.S.[3HH].[U]. The summed E-state index contributed by atoms with van der Waals surface area (Å²) in [6.07, 6.45) is 0. The van der Waals surface area contributed by atoms with Crippen molar-refractivity contribution in [1.82, 2.24) is 0 Å². The van der Waals surface area contributed by atoms with Crippen LogP contribution in [-0.2, 0) is 18.6 Å². The Kier molecular flexibility index (Phi) is 55.2. The van der Waals surface area contributed by atoms with Gasteiger partial charge in [-0.3, -0.25) is 0 Å². The summed E-state index contributed by atoms with van der Waals surface area (Å²) in [5.74, 6) is 0. The van der Waals surface area contributed by atoms with Crippen LogP contribution in [0.2, 0.25) is 27.3 Å². The second-order valence-corrected chi connectivity index (χ2v) is 8.91. The second kappa shape index (κ2) is 33.8. The van der Waals surface area contributed by atoms with Crippen molar-refractivity contribution in [1.29, 1.82) is 0 Å². The Morgan fingerprint density at radius 2 is 0.564 bits per heavy atom. The van der Waals surface area contributed by atoms with Crippen molar-refractivity contribution in [3.05, 3.63) is 0 Å². The van der Waals surface area contributed by atoms with Crippen LogP contribution in [0.5, 0.6) is 0 Å². The molecular formula is C25H72B4O8SU. The minimum atomic E-state index is -1.17. The number of hydrogen-bond donors (Lipinski definition) is 4. The van der Waals surface area contributed by atoms with Crippen LogP contribution in [0.1, 0.15) is 120 Å². The topological polar surface area (TPSA) is 118 Å². The summed E-state index contributed by atoms with van der Waals surface area (Å²) in [4.78, 5) is 0. The molecule has 0 aliphatic carbocycles. The molecule has 0 aromatic heterocycles. The van der Waals surface area contributed by atoms with E-state index >= 15 is 0 Å². The molecule has 242 valence electrons. The Hall–Kier alpha value is 1.34. The summed E-state index contributed by atoms with van der Waals surface area (Å²) in [6.45, 7) is 38.8. The van der Waals surface area contributed by atoms with Crippen molar-refractivity contribution < 1.29 is 71.3 Å². The molecular weight excluding hydrogens is 742 g/mol. The van der Waals surface area contributed by atoms with E-state index in [9.17, 15) is 0 Å². The van der Waals surface area contributed by atoms with Gasteiger partial charge in [0.25, 0.3) is 0 Å². The quantitative estimate of drug-likeness (QED) is 0.200. The molecule has 39 heavy (non-hydrogen) atoms. The third-order valence-electron chi connectivity index (χ3n) is 4.74. The third kappa shape index (κ3) is 35.4. The van der Waals surface area contributed by atoms with Crippen LogP contribution in [-0.4, -0.2) is 71.0 Å². The molecule has 0 atom stereocenters. The average molecular weight is 816 g/mol. The Bertz CT molecular complexity index is 393. The minimum Gasteiger partial charge on any atom is -0.427 e. The molecule has 2 aliphatic rings. The summed E-state index contributed by atoms with van der Waals surface area (Å²) in [6, 6.07) is 0. The van der Waals surface area contributed by atoms with Gasteiger partial charge in [0, 0.05) is 32.5 Å². The molecule has 0 radical (unpaired) electrons. The van der Waals surface area contributed by atoms with Gasteiger partial charge in [0.05, 0.1) is 22.4 Å². The first-order chi connectivity index (χ1) is 16.2. The van der Waals surface area contributed by atoms with E-state index in [0.717, 1.165) is 0 Å². The molecule has 4 N–H and O–H groups in total. The second-order valence-electron chi connectivity index (χ2n) is 8.91. The summed E-state index contributed by atoms with van der Waals surface area (Å²) in [5.41, 5.74) is -0.641. The van der Waals surface area contributed by atoms with E-state index in [1.165, 1.54) is 13.6 Å². The first-order valence-electron chi connectivity index (χ1n) is 13.6. The molecule has 0 aromatic rings. The molecule has 0 unspecified atom stereocenters. The number of rotatable bonds is 0. The molecule has 2 fully saturated rings. The van der Waals surface area contributed by atoms with Gasteiger partial charge in [-0.15, -0.1) is 0 Å². The van der Waals surface area contributed by atoms with Gasteiger partial charge >= 0.3 is 28.5 Å². The van der Waals surface area contributed by atoms with Gasteiger partial charge in [0.1, 0.15) is 0 Å². The Morgan fingerprint density at radius 1 is 0.487 bits per heavy atom. The fourth-order valence-corrected chi connectivity index (χ4v) is 2.28. The summed E-state index contributed by atoms with van der Waals surface area (Å²) < 4.78 is 22.2. The summed E-state index contributed by atoms with van der Waals surface area (Å²) in [5, 5.41) is 30.4. The van der Waals surface area contributed by atoms with Crippen molar-refractivity contribution in [2.24, 2.45) is 0 Å². The molecule has 2 heterocycles. The van der Waals surface area contributed by atoms with Gasteiger partial charge in [0.15, 0.2) is 0 Å². The molecule has 14 heteroatoms. The molecule has 0 spiro atoms. The van der Waals surface area contributed by atoms with E-state index in [4.69, 9.17) is 38.7 Å². The minimum absolute atomic E-state index is 0. The smallest absolute Gasteiger partial charge is 0.427 e. The standard InChI is InChI=1S/2C7H15BO2.4C2H6.2CH5BO2.CH4.H2S.U.H2/c2*1-6(2)7(3,4)10-8(5)9-6;4*1-2;2*1-2(3)4;;;;/h2*1-5H3;4*1-2H3;2*3-4H,1H3;1H4;1H2;;1H/i;;;;;;;;;;;1+2. The van der Waals surface area contributed by atoms with Crippen molar-refractivity contribution in [2.45, 2.75) is 168 Å². The maximum Gasteiger partial charge on any atom is 0.454 e. The average Bonchev–Trinajstić information content (AvgIpc) is 3.03. The van der Waals surface area contributed by atoms with Crippen molar-refractivity contribution in [3.63, 3.8) is 0 Å². The van der Waals surface area contributed by atoms with Crippen LogP contribution < -0.4 is 0 Å². The first kappa shape index (κ1) is 63.6. The maximum atomic E-state index is 7.61. The van der Waals surface area contributed by atoms with Crippen molar-refractivity contribution in [3.8, 4) is 0 Å². The largest absolute Gasteiger partial charge is 0.454 e. The van der Waals surface area contributed by atoms with Gasteiger partial charge in [-0.05, 0) is 82.7 Å². The van der Waals surface area contributed by atoms with Crippen LogP contribution in [0.15, 0.2) is 0 Å². The van der Waals surface area contributed by atoms with E-state index < -0.39 is 14.2 Å². The first-order valence-corrected chi connectivity index (χ1v) is 13.6. The zero-order valence-electron chi connectivity index (χ0n) is 28.7. The molecule has 2 rings (SSSR count). The van der Waals surface area contributed by atoms with Crippen LogP contribution >= 0.6 is 13.5 Å². The van der Waals surface area contributed by atoms with E-state index in [1.54, 1.807) is 0 Å². The predicted octanol–water partition coefficient (Wildman–Crippen LogP) is 6.69. The molecule has 8 nitrogen and oxygen atoms in total. The fraction of sp³-hybridized carbons (Fsp3) is 1.00. The van der Waals surface area contributed by atoms with Gasteiger partial charge < -0.3 is 38.7 Å². The fourth-order valence-electron chi connectivity index (χ4n) is 2.28. The molecule has 2 saturated heterocycles. The normalized spacial score (nSPS) is 16.9. The van der Waals surface area contributed by atoms with Crippen LogP contribution in [0.25, 0.3) is 0 Å². The number of hydrogen-bond acceptors (Lipinski definition) is 8. The molecule has 2 aliphatic heterocycles. The van der Waals surface area contributed by atoms with Gasteiger partial charge in [-0.1, -0.05) is 62.8 Å². The molecule has 0 amide bonds. The van der Waals surface area contributed by atoms with E-state index in [0.29, 0.717) is 0 Å². The maximum absolute atomic E-state index is 7.61. The van der Waals surface area contributed by atoms with Crippen molar-refractivity contribution in [2.75, 3.05) is 0 Å². The zero-order valence-corrected chi connectivity index (χ0v) is 33.9. The van der Waals surface area contributed by atoms with Gasteiger partial charge in [0.2, 0.25) is 0 Å². The summed E-state index contributed by atoms with van der Waals surface area (Å²) >= 11 is 0. The van der Waals surface area contributed by atoms with Crippen LogP contribution in [0.4, 0.5) is 0 Å². The third-order valence-corrected chi connectivity index (χ3v) is 4.74. The summed E-state index contributed by atoms with van der Waals surface area (Å²) in [7, 11) is -2.46. The monoisotopic (exact) mass is 817 g/mol. The van der Waals surface area contributed by atoms with Gasteiger partial charge in [-0.25, -0.2) is 0 Å². The Morgan fingerprint density at radius 3 is 0.590 bits per heavy atom. The predicted molar refractivity (Wildman–Crippen MR) is 181 cm³/mol. The van der Waals surface area contributed by atoms with Crippen LogP contribution in [0.3, 0.4) is 0 Å². The Labute approximate surface area is 279 Å². The van der Waals surface area contributed by atoms with E-state index in [-0.39, 0.29) is 90.1 Å². The Balaban J connectivity index is -0.0000000352. The molecule has 0 aromatic carbocycles. The van der Waals surface area contributed by atoms with E-state index in [1.807, 2.05) is 69.0 Å². The van der Waals surface area contributed by atoms with Crippen LogP contribution in [0, 0.1) is 31.1 Å². The van der Waals surface area contributed by atoms with Gasteiger partial charge in [-0.2, -0.15) is 13.5 Å². The van der Waals surface area contributed by atoms with Crippen molar-refractivity contribution >= 4 is 42.0 Å². The van der Waals surface area contributed by atoms with E-state index in [2.05, 4.69) is 55.4 Å². The zero-order chi connectivity index (χ0) is 31.1.